The van der Waals surface area contributed by atoms with Gasteiger partial charge in [-0.25, -0.2) is 9.59 Å². The second-order valence-electron chi connectivity index (χ2n) is 6.80. The molecule has 0 N–H and O–H groups in total. The molecule has 0 saturated carbocycles. The van der Waals surface area contributed by atoms with Crippen LogP contribution in [0.15, 0.2) is 54.6 Å². The quantitative estimate of drug-likeness (QED) is 0.577. The Morgan fingerprint density at radius 2 is 1.72 bits per heavy atom. The fraction of sp³-hybridized carbons (Fsp3) is 0.261. The number of carbonyl (C=O) groups is 3. The number of nitrogens with zero attached hydrogens (tertiary/aromatic N) is 1. The zero-order valence-electron chi connectivity index (χ0n) is 16.5. The van der Waals surface area contributed by atoms with E-state index in [0.717, 1.165) is 17.5 Å². The average molecular weight is 393 g/mol. The smallest absolute Gasteiger partial charge is 0.337 e. The Balaban J connectivity index is 1.54. The third-order valence-electron chi connectivity index (χ3n) is 4.83. The monoisotopic (exact) mass is 393 g/mol. The summed E-state index contributed by atoms with van der Waals surface area (Å²) in [6, 6.07) is 14.6. The molecule has 6 heteroatoms. The molecule has 2 aromatic rings. The molecule has 0 saturated heterocycles. The van der Waals surface area contributed by atoms with Crippen molar-refractivity contribution in [2.75, 3.05) is 13.7 Å². The van der Waals surface area contributed by atoms with E-state index in [1.54, 1.807) is 42.2 Å². The van der Waals surface area contributed by atoms with Crippen LogP contribution >= 0.6 is 0 Å². The SMILES string of the molecule is COC(=O)c1ccc(/C=C/C(=O)O[C@H](C)C(=O)N2CCc3ccccc3C2)cc1. The lowest BCUT2D eigenvalue weighted by Gasteiger charge is -2.30. The average Bonchev–Trinajstić information content (AvgIpc) is 2.76. The first-order chi connectivity index (χ1) is 14.0. The highest BCUT2D eigenvalue weighted by atomic mass is 16.5. The van der Waals surface area contributed by atoms with Gasteiger partial charge in [-0.3, -0.25) is 4.79 Å². The van der Waals surface area contributed by atoms with E-state index < -0.39 is 18.0 Å². The number of ether oxygens (including phenoxy) is 2. The summed E-state index contributed by atoms with van der Waals surface area (Å²) in [6.45, 7) is 2.72. The van der Waals surface area contributed by atoms with Gasteiger partial charge in [-0.2, -0.15) is 0 Å². The fourth-order valence-corrected chi connectivity index (χ4v) is 3.22. The Morgan fingerprint density at radius 3 is 2.41 bits per heavy atom. The van der Waals surface area contributed by atoms with Crippen molar-refractivity contribution in [3.8, 4) is 0 Å². The highest BCUT2D eigenvalue weighted by Crippen LogP contribution is 2.19. The van der Waals surface area contributed by atoms with Crippen molar-refractivity contribution in [3.05, 3.63) is 76.9 Å². The van der Waals surface area contributed by atoms with E-state index in [1.165, 1.54) is 18.7 Å². The zero-order chi connectivity index (χ0) is 20.8. The third kappa shape index (κ3) is 5.10. The first-order valence-corrected chi connectivity index (χ1v) is 9.40. The van der Waals surface area contributed by atoms with Gasteiger partial charge in [-0.1, -0.05) is 36.4 Å². The van der Waals surface area contributed by atoms with Crippen molar-refractivity contribution in [1.82, 2.24) is 4.90 Å². The van der Waals surface area contributed by atoms with Gasteiger partial charge in [0.2, 0.25) is 0 Å². The standard InChI is InChI=1S/C23H23NO5/c1-16(22(26)24-14-13-18-5-3-4-6-20(18)15-24)29-21(25)12-9-17-7-10-19(11-8-17)23(27)28-2/h3-12,16H,13-15H2,1-2H3/b12-9+/t16-/m1/s1. The normalized spacial score (nSPS) is 14.2. The molecule has 1 aliphatic heterocycles. The molecule has 0 radical (unpaired) electrons. The van der Waals surface area contributed by atoms with Gasteiger partial charge in [-0.05, 0) is 48.2 Å². The number of hydrogen-bond donors (Lipinski definition) is 0. The second kappa shape index (κ2) is 9.19. The Labute approximate surface area is 169 Å². The summed E-state index contributed by atoms with van der Waals surface area (Å²) in [5, 5.41) is 0. The van der Waals surface area contributed by atoms with Crippen LogP contribution in [0, 0.1) is 0 Å². The molecule has 1 aliphatic rings. The summed E-state index contributed by atoms with van der Waals surface area (Å²) >= 11 is 0. The van der Waals surface area contributed by atoms with Crippen LogP contribution in [0.25, 0.3) is 6.08 Å². The largest absolute Gasteiger partial charge is 0.465 e. The molecule has 150 valence electrons. The minimum atomic E-state index is -0.862. The van der Waals surface area contributed by atoms with Crippen LogP contribution in [0.3, 0.4) is 0 Å². The highest BCUT2D eigenvalue weighted by Gasteiger charge is 2.26. The molecule has 0 bridgehead atoms. The van der Waals surface area contributed by atoms with E-state index in [4.69, 9.17) is 4.74 Å². The summed E-state index contributed by atoms with van der Waals surface area (Å²) in [5.74, 6) is -1.23. The number of rotatable bonds is 5. The van der Waals surface area contributed by atoms with Gasteiger partial charge in [0.15, 0.2) is 6.10 Å². The van der Waals surface area contributed by atoms with Gasteiger partial charge in [0.05, 0.1) is 12.7 Å². The summed E-state index contributed by atoms with van der Waals surface area (Å²) in [6.07, 6.45) is 2.77. The van der Waals surface area contributed by atoms with Crippen molar-refractivity contribution in [3.63, 3.8) is 0 Å². The van der Waals surface area contributed by atoms with Crippen LogP contribution in [0.5, 0.6) is 0 Å². The van der Waals surface area contributed by atoms with Crippen molar-refractivity contribution >= 4 is 23.9 Å². The Bertz CT molecular complexity index is 933. The van der Waals surface area contributed by atoms with Gasteiger partial charge >= 0.3 is 11.9 Å². The Kier molecular flexibility index (Phi) is 6.44. The molecule has 0 aromatic heterocycles. The molecular weight excluding hydrogens is 370 g/mol. The van der Waals surface area contributed by atoms with Gasteiger partial charge in [0.25, 0.3) is 5.91 Å². The molecule has 0 spiro atoms. The third-order valence-corrected chi connectivity index (χ3v) is 4.83. The molecule has 1 heterocycles. The number of methoxy groups -OCH3 is 1. The first-order valence-electron chi connectivity index (χ1n) is 9.40. The molecular formula is C23H23NO5. The van der Waals surface area contributed by atoms with Crippen LogP contribution in [0.1, 0.15) is 34.0 Å². The zero-order valence-corrected chi connectivity index (χ0v) is 16.5. The van der Waals surface area contributed by atoms with Gasteiger partial charge in [0, 0.05) is 19.2 Å². The van der Waals surface area contributed by atoms with E-state index in [1.807, 2.05) is 18.2 Å². The number of carbonyl (C=O) groups excluding carboxylic acids is 3. The molecule has 0 fully saturated rings. The van der Waals surface area contributed by atoms with Gasteiger partial charge < -0.3 is 14.4 Å². The number of amides is 1. The highest BCUT2D eigenvalue weighted by molar-refractivity contribution is 5.91. The van der Waals surface area contributed by atoms with Crippen LogP contribution < -0.4 is 0 Å². The first kappa shape index (κ1) is 20.3. The molecule has 29 heavy (non-hydrogen) atoms. The lowest BCUT2D eigenvalue weighted by Crippen LogP contribution is -2.42. The lowest BCUT2D eigenvalue weighted by molar-refractivity contribution is -0.155. The maximum absolute atomic E-state index is 12.6. The van der Waals surface area contributed by atoms with Crippen molar-refractivity contribution < 1.29 is 23.9 Å². The van der Waals surface area contributed by atoms with Crippen molar-refractivity contribution in [2.24, 2.45) is 0 Å². The van der Waals surface area contributed by atoms with E-state index in [2.05, 4.69) is 10.8 Å². The molecule has 1 amide bonds. The number of fused-ring (bicyclic) bond motifs is 1. The molecule has 6 nitrogen and oxygen atoms in total. The number of hydrogen-bond acceptors (Lipinski definition) is 5. The van der Waals surface area contributed by atoms with Crippen LogP contribution in [0.4, 0.5) is 0 Å². The second-order valence-corrected chi connectivity index (χ2v) is 6.80. The van der Waals surface area contributed by atoms with Crippen LogP contribution in [0.2, 0.25) is 0 Å². The maximum Gasteiger partial charge on any atom is 0.337 e. The summed E-state index contributed by atoms with van der Waals surface area (Å²) in [4.78, 5) is 37.9. The molecule has 2 aromatic carbocycles. The summed E-state index contributed by atoms with van der Waals surface area (Å²) < 4.78 is 9.91. The summed E-state index contributed by atoms with van der Waals surface area (Å²) in [5.41, 5.74) is 3.53. The predicted octanol–water partition coefficient (Wildman–Crippen LogP) is 3.00. The van der Waals surface area contributed by atoms with E-state index >= 15 is 0 Å². The molecule has 3 rings (SSSR count). The minimum Gasteiger partial charge on any atom is -0.465 e. The Hall–Kier alpha value is -3.41. The van der Waals surface area contributed by atoms with E-state index in [9.17, 15) is 14.4 Å². The molecule has 0 unspecified atom stereocenters. The summed E-state index contributed by atoms with van der Waals surface area (Å²) in [7, 11) is 1.32. The lowest BCUT2D eigenvalue weighted by atomic mass is 9.99. The Morgan fingerprint density at radius 1 is 1.03 bits per heavy atom. The van der Waals surface area contributed by atoms with Gasteiger partial charge in [0.1, 0.15) is 0 Å². The van der Waals surface area contributed by atoms with Crippen molar-refractivity contribution in [1.29, 1.82) is 0 Å². The van der Waals surface area contributed by atoms with Crippen LogP contribution in [-0.2, 0) is 32.0 Å². The topological polar surface area (TPSA) is 72.9 Å². The fourth-order valence-electron chi connectivity index (χ4n) is 3.22. The maximum atomic E-state index is 12.6. The van der Waals surface area contributed by atoms with Crippen LogP contribution in [-0.4, -0.2) is 42.5 Å². The van der Waals surface area contributed by atoms with Crippen molar-refractivity contribution in [2.45, 2.75) is 26.0 Å². The molecule has 0 aliphatic carbocycles. The van der Waals surface area contributed by atoms with E-state index in [0.29, 0.717) is 18.7 Å². The number of benzene rings is 2. The number of esters is 2. The predicted molar refractivity (Wildman–Crippen MR) is 108 cm³/mol. The van der Waals surface area contributed by atoms with Gasteiger partial charge in [-0.15, -0.1) is 0 Å². The minimum absolute atomic E-state index is 0.205. The molecule has 1 atom stereocenters. The van der Waals surface area contributed by atoms with E-state index in [-0.39, 0.29) is 5.91 Å².